The number of nitriles is 1. The Bertz CT molecular complexity index is 811. The number of nitrogens with two attached hydrogens (primary N) is 1. The predicted molar refractivity (Wildman–Crippen MR) is 82.8 cm³/mol. The van der Waals surface area contributed by atoms with Crippen LogP contribution in [0.5, 0.6) is 0 Å². The zero-order valence-corrected chi connectivity index (χ0v) is 11.7. The fourth-order valence-corrected chi connectivity index (χ4v) is 2.64. The molecule has 0 bridgehead atoms. The van der Waals surface area contributed by atoms with E-state index in [1.807, 2.05) is 24.3 Å². The van der Waals surface area contributed by atoms with Crippen LogP contribution in [0.3, 0.4) is 0 Å². The summed E-state index contributed by atoms with van der Waals surface area (Å²) in [7, 11) is 0. The van der Waals surface area contributed by atoms with E-state index in [4.69, 9.17) is 11.0 Å². The highest BCUT2D eigenvalue weighted by molar-refractivity contribution is 5.84. The third-order valence-electron chi connectivity index (χ3n) is 3.58. The van der Waals surface area contributed by atoms with E-state index < -0.39 is 0 Å². The maximum atomic E-state index is 8.94. The van der Waals surface area contributed by atoms with Crippen molar-refractivity contribution in [3.05, 3.63) is 65.6 Å². The van der Waals surface area contributed by atoms with Gasteiger partial charge in [-0.1, -0.05) is 18.2 Å². The van der Waals surface area contributed by atoms with Gasteiger partial charge in [-0.25, -0.2) is 4.98 Å². The molecule has 0 aliphatic heterocycles. The zero-order chi connectivity index (χ0) is 14.7. The SMILES string of the molecule is N#Cc1cc(Cn2cc(CCN)c3ccccc32)ccn1. The lowest BCUT2D eigenvalue weighted by molar-refractivity contribution is 0.824. The third-order valence-corrected chi connectivity index (χ3v) is 3.58. The molecule has 4 heteroatoms. The molecule has 4 nitrogen and oxygen atoms in total. The predicted octanol–water partition coefficient (Wildman–Crippen LogP) is 2.46. The second kappa shape index (κ2) is 5.78. The molecule has 0 fully saturated rings. The van der Waals surface area contributed by atoms with Crippen molar-refractivity contribution in [3.63, 3.8) is 0 Å². The van der Waals surface area contributed by atoms with E-state index in [1.54, 1.807) is 6.20 Å². The zero-order valence-electron chi connectivity index (χ0n) is 11.7. The molecule has 0 aliphatic carbocycles. The van der Waals surface area contributed by atoms with Crippen molar-refractivity contribution in [1.29, 1.82) is 5.26 Å². The summed E-state index contributed by atoms with van der Waals surface area (Å²) in [6.45, 7) is 1.37. The lowest BCUT2D eigenvalue weighted by Gasteiger charge is -2.05. The number of para-hydroxylation sites is 1. The van der Waals surface area contributed by atoms with Gasteiger partial charge in [0.15, 0.2) is 0 Å². The van der Waals surface area contributed by atoms with Crippen molar-refractivity contribution in [1.82, 2.24) is 9.55 Å². The molecule has 0 saturated carbocycles. The molecule has 0 saturated heterocycles. The van der Waals surface area contributed by atoms with Crippen LogP contribution in [0.25, 0.3) is 10.9 Å². The van der Waals surface area contributed by atoms with E-state index in [2.05, 4.69) is 33.9 Å². The van der Waals surface area contributed by atoms with Gasteiger partial charge in [0.2, 0.25) is 0 Å². The van der Waals surface area contributed by atoms with E-state index in [9.17, 15) is 0 Å². The van der Waals surface area contributed by atoms with Crippen LogP contribution in [-0.4, -0.2) is 16.1 Å². The monoisotopic (exact) mass is 276 g/mol. The highest BCUT2D eigenvalue weighted by Gasteiger charge is 2.08. The minimum Gasteiger partial charge on any atom is -0.343 e. The summed E-state index contributed by atoms with van der Waals surface area (Å²) in [5.74, 6) is 0. The standard InChI is InChI=1S/C17H16N4/c18-7-5-14-12-21(17-4-2-1-3-16(14)17)11-13-6-8-20-15(9-13)10-19/h1-4,6,8-9,12H,5,7,11,18H2. The van der Waals surface area contributed by atoms with Gasteiger partial charge in [-0.3, -0.25) is 0 Å². The Kier molecular flexibility index (Phi) is 3.67. The molecule has 3 aromatic rings. The summed E-state index contributed by atoms with van der Waals surface area (Å²) < 4.78 is 2.21. The van der Waals surface area contributed by atoms with Crippen molar-refractivity contribution in [2.45, 2.75) is 13.0 Å². The molecule has 2 aromatic heterocycles. The van der Waals surface area contributed by atoms with Crippen LogP contribution in [0.2, 0.25) is 0 Å². The van der Waals surface area contributed by atoms with Gasteiger partial charge in [-0.2, -0.15) is 5.26 Å². The first-order chi connectivity index (χ1) is 10.3. The van der Waals surface area contributed by atoms with Crippen LogP contribution in [0.1, 0.15) is 16.8 Å². The Morgan fingerprint density at radius 1 is 1.24 bits per heavy atom. The van der Waals surface area contributed by atoms with E-state index in [0.29, 0.717) is 12.2 Å². The van der Waals surface area contributed by atoms with Crippen LogP contribution in [-0.2, 0) is 13.0 Å². The fraction of sp³-hybridized carbons (Fsp3) is 0.176. The number of rotatable bonds is 4. The number of hydrogen-bond donors (Lipinski definition) is 1. The highest BCUT2D eigenvalue weighted by Crippen LogP contribution is 2.22. The van der Waals surface area contributed by atoms with Gasteiger partial charge in [0.05, 0.1) is 0 Å². The number of fused-ring (bicyclic) bond motifs is 1. The Labute approximate surface area is 123 Å². The molecule has 21 heavy (non-hydrogen) atoms. The Balaban J connectivity index is 2.02. The fourth-order valence-electron chi connectivity index (χ4n) is 2.64. The van der Waals surface area contributed by atoms with Gasteiger partial charge >= 0.3 is 0 Å². The number of aromatic nitrogens is 2. The average molecular weight is 276 g/mol. The number of pyridine rings is 1. The maximum Gasteiger partial charge on any atom is 0.140 e. The second-order valence-electron chi connectivity index (χ2n) is 5.00. The number of hydrogen-bond acceptors (Lipinski definition) is 3. The van der Waals surface area contributed by atoms with Crippen LogP contribution < -0.4 is 5.73 Å². The molecular formula is C17H16N4. The molecular weight excluding hydrogens is 260 g/mol. The van der Waals surface area contributed by atoms with Crippen molar-refractivity contribution in [2.24, 2.45) is 5.73 Å². The molecule has 2 N–H and O–H groups in total. The topological polar surface area (TPSA) is 67.6 Å². The summed E-state index contributed by atoms with van der Waals surface area (Å²) in [4.78, 5) is 4.01. The molecule has 0 amide bonds. The molecule has 0 unspecified atom stereocenters. The first-order valence-electron chi connectivity index (χ1n) is 6.93. The van der Waals surface area contributed by atoms with Gasteiger partial charge in [0.25, 0.3) is 0 Å². The molecule has 1 aromatic carbocycles. The van der Waals surface area contributed by atoms with E-state index in [-0.39, 0.29) is 0 Å². The van der Waals surface area contributed by atoms with E-state index >= 15 is 0 Å². The maximum absolute atomic E-state index is 8.94. The van der Waals surface area contributed by atoms with Gasteiger partial charge < -0.3 is 10.3 Å². The lowest BCUT2D eigenvalue weighted by Crippen LogP contribution is -2.02. The smallest absolute Gasteiger partial charge is 0.140 e. The van der Waals surface area contributed by atoms with Crippen LogP contribution in [0.4, 0.5) is 0 Å². The van der Waals surface area contributed by atoms with Gasteiger partial charge in [-0.15, -0.1) is 0 Å². The summed E-state index contributed by atoms with van der Waals surface area (Å²) in [5.41, 5.74) is 9.68. The van der Waals surface area contributed by atoms with Crippen LogP contribution in [0, 0.1) is 11.3 Å². The second-order valence-corrected chi connectivity index (χ2v) is 5.00. The average Bonchev–Trinajstić information content (AvgIpc) is 2.86. The van der Waals surface area contributed by atoms with Crippen LogP contribution >= 0.6 is 0 Å². The minimum atomic E-state index is 0.450. The van der Waals surface area contributed by atoms with E-state index in [1.165, 1.54) is 16.5 Å². The van der Waals surface area contributed by atoms with Crippen molar-refractivity contribution in [2.75, 3.05) is 6.54 Å². The van der Waals surface area contributed by atoms with Crippen molar-refractivity contribution in [3.8, 4) is 6.07 Å². The Morgan fingerprint density at radius 2 is 2.10 bits per heavy atom. The molecule has 0 spiro atoms. The summed E-state index contributed by atoms with van der Waals surface area (Å²) >= 11 is 0. The first-order valence-corrected chi connectivity index (χ1v) is 6.93. The number of benzene rings is 1. The molecule has 104 valence electrons. The molecule has 3 rings (SSSR count). The molecule has 0 radical (unpaired) electrons. The quantitative estimate of drug-likeness (QED) is 0.796. The van der Waals surface area contributed by atoms with Crippen LogP contribution in [0.15, 0.2) is 48.8 Å². The van der Waals surface area contributed by atoms with Gasteiger partial charge in [-0.05, 0) is 42.3 Å². The van der Waals surface area contributed by atoms with Gasteiger partial charge in [0.1, 0.15) is 11.8 Å². The molecule has 0 atom stereocenters. The largest absolute Gasteiger partial charge is 0.343 e. The van der Waals surface area contributed by atoms with Crippen molar-refractivity contribution < 1.29 is 0 Å². The first kappa shape index (κ1) is 13.3. The summed E-state index contributed by atoms with van der Waals surface area (Å²) in [6, 6.07) is 14.2. The number of nitrogens with zero attached hydrogens (tertiary/aromatic N) is 3. The Morgan fingerprint density at radius 3 is 2.90 bits per heavy atom. The summed E-state index contributed by atoms with van der Waals surface area (Å²) in [5, 5.41) is 10.2. The Hall–Kier alpha value is -2.64. The minimum absolute atomic E-state index is 0.450. The normalized spacial score (nSPS) is 10.7. The molecule has 2 heterocycles. The summed E-state index contributed by atoms with van der Waals surface area (Å²) in [6.07, 6.45) is 4.71. The molecule has 0 aliphatic rings. The van der Waals surface area contributed by atoms with Gasteiger partial charge in [0, 0.05) is 29.8 Å². The highest BCUT2D eigenvalue weighted by atomic mass is 15.0. The third kappa shape index (κ3) is 2.64. The van der Waals surface area contributed by atoms with E-state index in [0.717, 1.165) is 18.5 Å². The lowest BCUT2D eigenvalue weighted by atomic mass is 10.1. The van der Waals surface area contributed by atoms with Crippen molar-refractivity contribution >= 4 is 10.9 Å².